The quantitative estimate of drug-likeness (QED) is 0.314. The Morgan fingerprint density at radius 2 is 1.49 bits per heavy atom. The molecule has 2 saturated heterocycles. The Labute approximate surface area is 260 Å². The van der Waals surface area contributed by atoms with Crippen molar-refractivity contribution in [3.05, 3.63) is 34.9 Å². The minimum atomic E-state index is -0.391. The van der Waals surface area contributed by atoms with Crippen LogP contribution in [0.4, 0.5) is 0 Å². The molecular weight excluding hydrogens is 536 g/mol. The minimum Gasteiger partial charge on any atom is -0.347 e. The van der Waals surface area contributed by atoms with Crippen molar-refractivity contribution in [3.8, 4) is 0 Å². The Morgan fingerprint density at radius 1 is 0.837 bits per heavy atom. The van der Waals surface area contributed by atoms with Crippen LogP contribution in [-0.4, -0.2) is 35.2 Å². The molecule has 5 aliphatic rings. The van der Waals surface area contributed by atoms with E-state index in [1.807, 2.05) is 0 Å². The van der Waals surface area contributed by atoms with E-state index < -0.39 is 6.10 Å². The maximum Gasteiger partial charge on any atom is 0.251 e. The highest BCUT2D eigenvalue weighted by Gasteiger charge is 2.40. The van der Waals surface area contributed by atoms with Gasteiger partial charge >= 0.3 is 0 Å². The summed E-state index contributed by atoms with van der Waals surface area (Å²) in [5, 5.41) is 3.37. The van der Waals surface area contributed by atoms with E-state index in [1.165, 1.54) is 126 Å². The standard InChI is InChI=1S/C36H58N4O3/c1-2-34-40(29-18-14-10-4-3-5-11-15-19-29)35(39-43-34)28-20-22-30-27(24-28)21-23-31(30)37-36(41)33-25-32(38-42-33)26-16-12-8-6-7-9-13-17-26/h20,22,24,26,29,31-35,38-39H,2-19,21,23,25H2,1H3,(H,37,41)/t31-,32?,33?,34?,35?/m1/s1. The van der Waals surface area contributed by atoms with Crippen molar-refractivity contribution in [3.63, 3.8) is 0 Å². The Bertz CT molecular complexity index is 1020. The van der Waals surface area contributed by atoms with Crippen LogP contribution in [-0.2, 0) is 20.9 Å². The molecule has 3 aliphatic carbocycles. The second kappa shape index (κ2) is 15.7. The van der Waals surface area contributed by atoms with Crippen molar-refractivity contribution in [2.75, 3.05) is 0 Å². The van der Waals surface area contributed by atoms with E-state index in [2.05, 4.69) is 46.3 Å². The predicted octanol–water partition coefficient (Wildman–Crippen LogP) is 7.67. The van der Waals surface area contributed by atoms with Crippen LogP contribution in [0.25, 0.3) is 0 Å². The number of aryl methyl sites for hydroxylation is 1. The third kappa shape index (κ3) is 7.84. The molecular formula is C36H58N4O3. The lowest BCUT2D eigenvalue weighted by Gasteiger charge is -2.35. The second-order valence-corrected chi connectivity index (χ2v) is 14.2. The van der Waals surface area contributed by atoms with E-state index in [9.17, 15) is 4.79 Å². The zero-order chi connectivity index (χ0) is 29.4. The number of amides is 1. The summed E-state index contributed by atoms with van der Waals surface area (Å²) in [6, 6.07) is 7.84. The summed E-state index contributed by atoms with van der Waals surface area (Å²) in [7, 11) is 0. The van der Waals surface area contributed by atoms with Crippen molar-refractivity contribution < 1.29 is 14.5 Å². The van der Waals surface area contributed by atoms with Crippen molar-refractivity contribution in [1.82, 2.24) is 21.2 Å². The molecule has 1 amide bonds. The first-order chi connectivity index (χ1) is 21.2. The Hall–Kier alpha value is -1.51. The molecule has 0 radical (unpaired) electrons. The number of carbonyl (C=O) groups is 1. The number of nitrogens with zero attached hydrogens (tertiary/aromatic N) is 1. The van der Waals surface area contributed by atoms with Gasteiger partial charge in [-0.1, -0.05) is 109 Å². The summed E-state index contributed by atoms with van der Waals surface area (Å²) in [5.41, 5.74) is 10.6. The van der Waals surface area contributed by atoms with Gasteiger partial charge in [0.25, 0.3) is 5.91 Å². The molecule has 0 bridgehead atoms. The zero-order valence-electron chi connectivity index (χ0n) is 26.8. The molecule has 5 atom stereocenters. The summed E-state index contributed by atoms with van der Waals surface area (Å²) in [6.07, 6.45) is 26.1. The topological polar surface area (TPSA) is 74.9 Å². The maximum atomic E-state index is 13.4. The van der Waals surface area contributed by atoms with Crippen LogP contribution < -0.4 is 16.3 Å². The molecule has 6 rings (SSSR count). The minimum absolute atomic E-state index is 0.0406. The SMILES string of the molecule is CCC1ONC(c2ccc3c(c2)CC[C@H]3NC(=O)C2CC(C3CCCCCCCC3)NO2)N1C1CCCCCCCCC1. The molecule has 4 unspecified atom stereocenters. The smallest absolute Gasteiger partial charge is 0.251 e. The molecule has 2 aliphatic heterocycles. The summed E-state index contributed by atoms with van der Waals surface area (Å²) in [5.74, 6) is 0.664. The molecule has 2 saturated carbocycles. The lowest BCUT2D eigenvalue weighted by molar-refractivity contribution is -0.133. The highest BCUT2D eigenvalue weighted by atomic mass is 16.7. The lowest BCUT2D eigenvalue weighted by atomic mass is 9.87. The number of hydrogen-bond acceptors (Lipinski definition) is 6. The average Bonchev–Trinajstić information content (AvgIpc) is 3.79. The third-order valence-electron chi connectivity index (χ3n) is 11.3. The Kier molecular flexibility index (Phi) is 11.5. The van der Waals surface area contributed by atoms with Crippen LogP contribution in [0.15, 0.2) is 18.2 Å². The average molecular weight is 595 g/mol. The van der Waals surface area contributed by atoms with Gasteiger partial charge in [0.1, 0.15) is 12.4 Å². The van der Waals surface area contributed by atoms with Gasteiger partial charge in [0.15, 0.2) is 6.10 Å². The van der Waals surface area contributed by atoms with E-state index >= 15 is 0 Å². The van der Waals surface area contributed by atoms with Gasteiger partial charge in [0.2, 0.25) is 0 Å². The molecule has 43 heavy (non-hydrogen) atoms. The van der Waals surface area contributed by atoms with Gasteiger partial charge in [0, 0.05) is 18.5 Å². The highest BCUT2D eigenvalue weighted by molar-refractivity contribution is 5.81. The molecule has 1 aromatic rings. The number of carbonyl (C=O) groups excluding carboxylic acids is 1. The fourth-order valence-corrected chi connectivity index (χ4v) is 8.73. The zero-order valence-corrected chi connectivity index (χ0v) is 26.8. The molecule has 7 nitrogen and oxygen atoms in total. The molecule has 0 aromatic heterocycles. The molecule has 240 valence electrons. The highest BCUT2D eigenvalue weighted by Crippen LogP contribution is 2.38. The third-order valence-corrected chi connectivity index (χ3v) is 11.3. The van der Waals surface area contributed by atoms with Gasteiger partial charge in [-0.15, -0.1) is 0 Å². The first kappa shape index (κ1) is 31.5. The van der Waals surface area contributed by atoms with Gasteiger partial charge in [-0.25, -0.2) is 0 Å². The normalized spacial score (nSPS) is 32.5. The first-order valence-corrected chi connectivity index (χ1v) is 18.2. The molecule has 0 spiro atoms. The van der Waals surface area contributed by atoms with E-state index in [1.54, 1.807) is 0 Å². The summed E-state index contributed by atoms with van der Waals surface area (Å²) < 4.78 is 0. The van der Waals surface area contributed by atoms with Crippen molar-refractivity contribution in [2.45, 2.75) is 178 Å². The Morgan fingerprint density at radius 3 is 2.16 bits per heavy atom. The van der Waals surface area contributed by atoms with Crippen molar-refractivity contribution in [1.29, 1.82) is 0 Å². The van der Waals surface area contributed by atoms with Crippen LogP contribution in [0.1, 0.15) is 164 Å². The number of hydroxylamine groups is 2. The van der Waals surface area contributed by atoms with E-state index in [0.29, 0.717) is 18.0 Å². The van der Waals surface area contributed by atoms with Gasteiger partial charge in [0.05, 0.1) is 6.04 Å². The van der Waals surface area contributed by atoms with Gasteiger partial charge < -0.3 is 5.32 Å². The lowest BCUT2D eigenvalue weighted by Crippen LogP contribution is -2.42. The summed E-state index contributed by atoms with van der Waals surface area (Å²) in [4.78, 5) is 28.1. The summed E-state index contributed by atoms with van der Waals surface area (Å²) >= 11 is 0. The van der Waals surface area contributed by atoms with Crippen molar-refractivity contribution in [2.24, 2.45) is 5.92 Å². The van der Waals surface area contributed by atoms with Gasteiger partial charge in [-0.05, 0) is 67.6 Å². The molecule has 4 fully saturated rings. The van der Waals surface area contributed by atoms with Crippen LogP contribution >= 0.6 is 0 Å². The predicted molar refractivity (Wildman–Crippen MR) is 171 cm³/mol. The largest absolute Gasteiger partial charge is 0.347 e. The maximum absolute atomic E-state index is 13.4. The second-order valence-electron chi connectivity index (χ2n) is 14.2. The molecule has 7 heteroatoms. The van der Waals surface area contributed by atoms with E-state index in [4.69, 9.17) is 9.68 Å². The van der Waals surface area contributed by atoms with Gasteiger partial charge in [-0.3, -0.25) is 19.4 Å². The fourth-order valence-electron chi connectivity index (χ4n) is 8.73. The first-order valence-electron chi connectivity index (χ1n) is 18.2. The Balaban J connectivity index is 1.07. The monoisotopic (exact) mass is 594 g/mol. The fraction of sp³-hybridized carbons (Fsp3) is 0.806. The van der Waals surface area contributed by atoms with E-state index in [-0.39, 0.29) is 24.3 Å². The molecule has 1 aromatic carbocycles. The summed E-state index contributed by atoms with van der Waals surface area (Å²) in [6.45, 7) is 2.24. The number of hydrogen-bond donors (Lipinski definition) is 3. The number of nitrogens with one attached hydrogen (secondary N) is 3. The van der Waals surface area contributed by atoms with E-state index in [0.717, 1.165) is 25.7 Å². The van der Waals surface area contributed by atoms with Crippen LogP contribution in [0.3, 0.4) is 0 Å². The van der Waals surface area contributed by atoms with Crippen LogP contribution in [0, 0.1) is 5.92 Å². The number of benzene rings is 1. The molecule has 2 heterocycles. The van der Waals surface area contributed by atoms with Crippen LogP contribution in [0.5, 0.6) is 0 Å². The molecule has 3 N–H and O–H groups in total. The van der Waals surface area contributed by atoms with Gasteiger partial charge in [-0.2, -0.15) is 11.0 Å². The number of fused-ring (bicyclic) bond motifs is 1. The number of rotatable bonds is 6. The van der Waals surface area contributed by atoms with Crippen LogP contribution in [0.2, 0.25) is 0 Å². The van der Waals surface area contributed by atoms with Crippen molar-refractivity contribution >= 4 is 5.91 Å².